The molecular formula is C16H30O6. The van der Waals surface area contributed by atoms with E-state index < -0.39 is 51.9 Å². The summed E-state index contributed by atoms with van der Waals surface area (Å²) in [4.78, 5) is 0. The molecule has 0 aromatic rings. The Morgan fingerprint density at radius 1 is 0.682 bits per heavy atom. The summed E-state index contributed by atoms with van der Waals surface area (Å²) in [5.41, 5.74) is 0. The summed E-state index contributed by atoms with van der Waals surface area (Å²) in [6.07, 6.45) is 0.943. The second kappa shape index (κ2) is 12.2. The molecular weight excluding hydrogens is 288 g/mol. The highest BCUT2D eigenvalue weighted by molar-refractivity contribution is 4.54. The van der Waals surface area contributed by atoms with Crippen LogP contribution in [-0.4, -0.2) is 65.1 Å². The van der Waals surface area contributed by atoms with Gasteiger partial charge in [0.1, 0.15) is 0 Å². The third-order valence-electron chi connectivity index (χ3n) is 2.99. The minimum atomic E-state index is -3.81. The van der Waals surface area contributed by atoms with E-state index in [1.165, 1.54) is 0 Å². The number of hydrogen-bond donors (Lipinski definition) is 0. The molecule has 2 heterocycles. The Labute approximate surface area is 150 Å². The lowest BCUT2D eigenvalue weighted by Gasteiger charge is -2.22. The van der Waals surface area contributed by atoms with Gasteiger partial charge >= 0.3 is 0 Å². The third kappa shape index (κ3) is 8.41. The van der Waals surface area contributed by atoms with E-state index in [1.807, 2.05) is 0 Å². The molecule has 2 saturated heterocycles. The van der Waals surface area contributed by atoms with Gasteiger partial charge in [-0.3, -0.25) is 0 Å². The quantitative estimate of drug-likeness (QED) is 0.578. The number of rotatable bonds is 11. The Bertz CT molecular complexity index is 609. The van der Waals surface area contributed by atoms with Gasteiger partial charge in [0.25, 0.3) is 0 Å². The van der Waals surface area contributed by atoms with E-state index in [4.69, 9.17) is 35.4 Å². The molecule has 0 aliphatic carbocycles. The molecule has 2 atom stereocenters. The maximum absolute atomic E-state index is 7.84. The highest BCUT2D eigenvalue weighted by Crippen LogP contribution is 2.14. The minimum absolute atomic E-state index is 0.256. The van der Waals surface area contributed by atoms with Gasteiger partial charge in [-0.2, -0.15) is 0 Å². The summed E-state index contributed by atoms with van der Waals surface area (Å²) >= 11 is 0. The molecule has 0 aromatic carbocycles. The summed E-state index contributed by atoms with van der Waals surface area (Å²) in [5, 5.41) is 0. The topological polar surface area (TPSA) is 55.4 Å². The van der Waals surface area contributed by atoms with Crippen molar-refractivity contribution in [3.05, 3.63) is 0 Å². The van der Waals surface area contributed by atoms with E-state index in [0.29, 0.717) is 25.7 Å². The van der Waals surface area contributed by atoms with Gasteiger partial charge in [-0.05, 0) is 38.5 Å². The fourth-order valence-electron chi connectivity index (χ4n) is 1.92. The lowest BCUT2D eigenvalue weighted by molar-refractivity contribution is -0.172. The maximum Gasteiger partial charge on any atom is 0.157 e. The molecule has 130 valence electrons. The van der Waals surface area contributed by atoms with Gasteiger partial charge in [0, 0.05) is 13.2 Å². The first-order valence-corrected chi connectivity index (χ1v) is 7.31. The van der Waals surface area contributed by atoms with Crippen molar-refractivity contribution >= 4 is 0 Å². The molecule has 0 amide bonds. The monoisotopic (exact) mass is 330 g/mol. The highest BCUT2D eigenvalue weighted by Gasteiger charge is 2.14. The maximum atomic E-state index is 7.84. The van der Waals surface area contributed by atoms with Crippen LogP contribution in [0.3, 0.4) is 0 Å². The molecule has 2 unspecified atom stereocenters. The molecule has 0 bridgehead atoms. The van der Waals surface area contributed by atoms with Crippen molar-refractivity contribution in [2.75, 3.05) is 52.6 Å². The van der Waals surface area contributed by atoms with E-state index >= 15 is 0 Å². The largest absolute Gasteiger partial charge is 0.377 e. The predicted molar refractivity (Wildman–Crippen MR) is 80.7 cm³/mol. The van der Waals surface area contributed by atoms with Gasteiger partial charge in [0.15, 0.2) is 12.6 Å². The van der Waals surface area contributed by atoms with Crippen LogP contribution in [0.15, 0.2) is 0 Å². The van der Waals surface area contributed by atoms with Crippen molar-refractivity contribution < 1.29 is 44.9 Å². The zero-order chi connectivity index (χ0) is 26.1. The van der Waals surface area contributed by atoms with Crippen LogP contribution in [-0.2, 0) is 28.4 Å². The van der Waals surface area contributed by atoms with Crippen LogP contribution in [0.4, 0.5) is 0 Å². The van der Waals surface area contributed by atoms with E-state index in [-0.39, 0.29) is 26.1 Å². The van der Waals surface area contributed by atoms with Gasteiger partial charge < -0.3 is 28.4 Å². The second-order valence-electron chi connectivity index (χ2n) is 4.64. The summed E-state index contributed by atoms with van der Waals surface area (Å²) < 4.78 is 123. The van der Waals surface area contributed by atoms with Gasteiger partial charge in [-0.25, -0.2) is 0 Å². The van der Waals surface area contributed by atoms with E-state index in [1.54, 1.807) is 0 Å². The molecule has 0 N–H and O–H groups in total. The molecule has 6 heteroatoms. The van der Waals surface area contributed by atoms with Crippen molar-refractivity contribution in [1.82, 2.24) is 0 Å². The van der Waals surface area contributed by atoms with Gasteiger partial charge in [-0.15, -0.1) is 0 Å². The fourth-order valence-corrected chi connectivity index (χ4v) is 1.92. The molecule has 22 heavy (non-hydrogen) atoms. The van der Waals surface area contributed by atoms with Crippen LogP contribution in [0.2, 0.25) is 0 Å². The van der Waals surface area contributed by atoms with Gasteiger partial charge in [-0.1, -0.05) is 0 Å². The highest BCUT2D eigenvalue weighted by atomic mass is 16.7. The van der Waals surface area contributed by atoms with Crippen LogP contribution < -0.4 is 0 Å². The molecule has 0 saturated carbocycles. The van der Waals surface area contributed by atoms with Crippen molar-refractivity contribution in [1.29, 1.82) is 0 Å². The number of hydrogen-bond acceptors (Lipinski definition) is 6. The van der Waals surface area contributed by atoms with Crippen molar-refractivity contribution in [3.63, 3.8) is 0 Å². The van der Waals surface area contributed by atoms with Crippen LogP contribution in [0.1, 0.15) is 55.0 Å². The summed E-state index contributed by atoms with van der Waals surface area (Å²) in [6.45, 7) is -20.9. The predicted octanol–water partition coefficient (Wildman–Crippen LogP) is 2.11. The minimum Gasteiger partial charge on any atom is -0.377 e. The molecule has 0 radical (unpaired) electrons. The first-order valence-electron chi connectivity index (χ1n) is 13.3. The molecule has 2 rings (SSSR count). The molecule has 6 nitrogen and oxygen atoms in total. The second-order valence-corrected chi connectivity index (χ2v) is 4.64. The van der Waals surface area contributed by atoms with E-state index in [2.05, 4.69) is 9.47 Å². The first kappa shape index (κ1) is 7.76. The molecule has 2 fully saturated rings. The van der Waals surface area contributed by atoms with Crippen molar-refractivity contribution in [3.8, 4) is 0 Å². The Kier molecular flexibility index (Phi) is 4.31. The lowest BCUT2D eigenvalue weighted by Crippen LogP contribution is -2.24. The number of ether oxygens (including phenoxy) is 6. The molecule has 0 spiro atoms. The Morgan fingerprint density at radius 3 is 1.55 bits per heavy atom. The van der Waals surface area contributed by atoms with E-state index in [0.717, 1.165) is 0 Å². The smallest absolute Gasteiger partial charge is 0.157 e. The Hall–Kier alpha value is -0.240. The third-order valence-corrected chi connectivity index (χ3v) is 2.99. The summed E-state index contributed by atoms with van der Waals surface area (Å²) in [7, 11) is 0. The Balaban J connectivity index is 2.11. The summed E-state index contributed by atoms with van der Waals surface area (Å²) in [6, 6.07) is 0. The van der Waals surface area contributed by atoms with Gasteiger partial charge in [0.05, 0.1) is 55.8 Å². The Morgan fingerprint density at radius 2 is 1.14 bits per heavy atom. The average molecular weight is 330 g/mol. The zero-order valence-electron chi connectivity index (χ0n) is 24.3. The van der Waals surface area contributed by atoms with Crippen molar-refractivity contribution in [2.24, 2.45) is 0 Å². The van der Waals surface area contributed by atoms with Crippen LogP contribution >= 0.6 is 0 Å². The molecule has 2 aliphatic rings. The van der Waals surface area contributed by atoms with Gasteiger partial charge in [0.2, 0.25) is 0 Å². The SMILES string of the molecule is [2H]C([2H])(OC1CCCCO1)C([2H])([2H])OC([2H])([2H])C([2H])([2H])OC([2H])([2H])C([2H])([2H])OC1CCCCO1. The van der Waals surface area contributed by atoms with E-state index in [9.17, 15) is 0 Å². The molecule has 2 aliphatic heterocycles. The molecule has 0 aromatic heterocycles. The fraction of sp³-hybridized carbons (Fsp3) is 1.00. The zero-order valence-corrected chi connectivity index (χ0v) is 12.3. The lowest BCUT2D eigenvalue weighted by atomic mass is 10.2. The van der Waals surface area contributed by atoms with Crippen LogP contribution in [0.25, 0.3) is 0 Å². The van der Waals surface area contributed by atoms with Crippen LogP contribution in [0.5, 0.6) is 0 Å². The summed E-state index contributed by atoms with van der Waals surface area (Å²) in [5.74, 6) is 0. The van der Waals surface area contributed by atoms with Crippen LogP contribution in [0, 0.1) is 0 Å². The standard InChI is InChI=1S/C16H30O6/c1-3-7-19-15(5-1)21-13-11-17-9-10-18-12-14-22-16-6-2-4-8-20-16/h15-16H,1-14H2/i9D2,10D2,11D2,12D2,13D2,14D2. The average Bonchev–Trinajstić information content (AvgIpc) is 2.67. The normalized spacial score (nSPS) is 38.2. The first-order chi connectivity index (χ1) is 15.3. The van der Waals surface area contributed by atoms with Crippen molar-refractivity contribution in [2.45, 2.75) is 51.1 Å².